The first-order valence-corrected chi connectivity index (χ1v) is 6.26. The molecule has 2 rings (SSSR count). The summed E-state index contributed by atoms with van der Waals surface area (Å²) in [5.41, 5.74) is 5.59. The van der Waals surface area contributed by atoms with Crippen LogP contribution in [0.2, 0.25) is 5.02 Å². The quantitative estimate of drug-likeness (QED) is 0.666. The van der Waals surface area contributed by atoms with Crippen LogP contribution in [-0.4, -0.2) is 12.1 Å². The molecule has 1 aromatic heterocycles. The summed E-state index contributed by atoms with van der Waals surface area (Å²) in [6.07, 6.45) is 1.72. The Morgan fingerprint density at radius 3 is 2.79 bits per heavy atom. The van der Waals surface area contributed by atoms with Crippen molar-refractivity contribution in [1.29, 1.82) is 0 Å². The monoisotopic (exact) mass is 277 g/mol. The normalized spacial score (nSPS) is 12.2. The Morgan fingerprint density at radius 1 is 1.37 bits per heavy atom. The molecule has 0 saturated carbocycles. The lowest BCUT2D eigenvalue weighted by Crippen LogP contribution is -2.30. The van der Waals surface area contributed by atoms with Crippen LogP contribution in [0.4, 0.5) is 0 Å². The average molecular weight is 278 g/mol. The zero-order chi connectivity index (χ0) is 13.8. The van der Waals surface area contributed by atoms with Crippen LogP contribution >= 0.6 is 11.6 Å². The molecular weight excluding hydrogens is 262 g/mol. The minimum absolute atomic E-state index is 0.242. The molecule has 0 aliphatic carbocycles. The van der Waals surface area contributed by atoms with E-state index in [9.17, 15) is 0 Å². The number of rotatable bonds is 4. The summed E-state index contributed by atoms with van der Waals surface area (Å²) >= 11 is 5.98. The predicted molar refractivity (Wildman–Crippen MR) is 76.1 cm³/mol. The van der Waals surface area contributed by atoms with E-state index in [1.54, 1.807) is 13.3 Å². The first-order chi connectivity index (χ1) is 9.17. The van der Waals surface area contributed by atoms with Crippen molar-refractivity contribution >= 4 is 11.6 Å². The lowest BCUT2D eigenvalue weighted by molar-refractivity contribution is 0.400. The van der Waals surface area contributed by atoms with Gasteiger partial charge in [-0.2, -0.15) is 0 Å². The highest BCUT2D eigenvalue weighted by Gasteiger charge is 2.19. The molecule has 0 saturated heterocycles. The maximum absolute atomic E-state index is 5.98. The van der Waals surface area contributed by atoms with E-state index in [2.05, 4.69) is 10.4 Å². The van der Waals surface area contributed by atoms with E-state index in [1.165, 1.54) is 0 Å². The fourth-order valence-electron chi connectivity index (χ4n) is 2.07. The van der Waals surface area contributed by atoms with Gasteiger partial charge in [0.25, 0.3) is 0 Å². The third-order valence-corrected chi connectivity index (χ3v) is 3.24. The van der Waals surface area contributed by atoms with Crippen molar-refractivity contribution in [2.45, 2.75) is 13.0 Å². The van der Waals surface area contributed by atoms with E-state index in [1.807, 2.05) is 37.3 Å². The van der Waals surface area contributed by atoms with Gasteiger partial charge in [-0.3, -0.25) is 10.8 Å². The van der Waals surface area contributed by atoms with E-state index in [0.717, 1.165) is 16.8 Å². The van der Waals surface area contributed by atoms with Gasteiger partial charge in [0.15, 0.2) is 0 Å². The second kappa shape index (κ2) is 6.02. The molecule has 5 heteroatoms. The van der Waals surface area contributed by atoms with Crippen LogP contribution in [0.3, 0.4) is 0 Å². The molecule has 0 aliphatic rings. The number of pyridine rings is 1. The summed E-state index contributed by atoms with van der Waals surface area (Å²) < 4.78 is 5.33. The molecule has 100 valence electrons. The Balaban J connectivity index is 2.50. The molecule has 3 N–H and O–H groups in total. The Bertz CT molecular complexity index is 574. The first-order valence-electron chi connectivity index (χ1n) is 5.88. The van der Waals surface area contributed by atoms with Gasteiger partial charge in [0, 0.05) is 11.2 Å². The van der Waals surface area contributed by atoms with Gasteiger partial charge < -0.3 is 4.74 Å². The van der Waals surface area contributed by atoms with Crippen LogP contribution in [0.15, 0.2) is 36.5 Å². The smallest absolute Gasteiger partial charge is 0.142 e. The summed E-state index contributed by atoms with van der Waals surface area (Å²) in [6.45, 7) is 1.99. The molecule has 0 fully saturated rings. The largest absolute Gasteiger partial charge is 0.495 e. The summed E-state index contributed by atoms with van der Waals surface area (Å²) in [4.78, 5) is 4.36. The van der Waals surface area contributed by atoms with Gasteiger partial charge in [-0.05, 0) is 42.3 Å². The zero-order valence-electron chi connectivity index (χ0n) is 10.9. The molecule has 0 bridgehead atoms. The van der Waals surface area contributed by atoms with E-state index >= 15 is 0 Å². The number of benzene rings is 1. The molecular formula is C14H16ClN3O. The van der Waals surface area contributed by atoms with Crippen LogP contribution < -0.4 is 16.0 Å². The lowest BCUT2D eigenvalue weighted by Gasteiger charge is -2.20. The van der Waals surface area contributed by atoms with Gasteiger partial charge in [0.2, 0.25) is 0 Å². The third-order valence-electron chi connectivity index (χ3n) is 3.00. The molecule has 1 atom stereocenters. The number of nitrogens with zero attached hydrogens (tertiary/aromatic N) is 1. The van der Waals surface area contributed by atoms with Crippen molar-refractivity contribution in [2.75, 3.05) is 7.11 Å². The molecule has 0 spiro atoms. The summed E-state index contributed by atoms with van der Waals surface area (Å²) in [7, 11) is 1.61. The van der Waals surface area contributed by atoms with E-state index in [0.29, 0.717) is 10.8 Å². The van der Waals surface area contributed by atoms with Crippen LogP contribution in [0.25, 0.3) is 0 Å². The second-order valence-corrected chi connectivity index (χ2v) is 4.63. The maximum atomic E-state index is 5.98. The van der Waals surface area contributed by atoms with Crippen LogP contribution in [0, 0.1) is 6.92 Å². The Hall–Kier alpha value is -1.62. The van der Waals surface area contributed by atoms with Crippen molar-refractivity contribution in [3.05, 3.63) is 58.4 Å². The first kappa shape index (κ1) is 13.8. The highest BCUT2D eigenvalue weighted by Crippen LogP contribution is 2.30. The lowest BCUT2D eigenvalue weighted by atomic mass is 9.98. The molecule has 19 heavy (non-hydrogen) atoms. The third kappa shape index (κ3) is 2.87. The van der Waals surface area contributed by atoms with Crippen LogP contribution in [-0.2, 0) is 0 Å². The number of aromatic nitrogens is 1. The number of nitrogens with one attached hydrogen (secondary N) is 1. The van der Waals surface area contributed by atoms with Crippen molar-refractivity contribution in [3.63, 3.8) is 0 Å². The summed E-state index contributed by atoms with van der Waals surface area (Å²) in [5, 5.41) is 0.699. The van der Waals surface area contributed by atoms with E-state index in [4.69, 9.17) is 22.2 Å². The van der Waals surface area contributed by atoms with Gasteiger partial charge in [0.1, 0.15) is 11.4 Å². The van der Waals surface area contributed by atoms with Gasteiger partial charge in [-0.1, -0.05) is 17.7 Å². The average Bonchev–Trinajstić information content (AvgIpc) is 2.42. The van der Waals surface area contributed by atoms with Crippen LogP contribution in [0.5, 0.6) is 5.75 Å². The van der Waals surface area contributed by atoms with Crippen molar-refractivity contribution in [3.8, 4) is 5.75 Å². The predicted octanol–water partition coefficient (Wildman–Crippen LogP) is 2.60. The Kier molecular flexibility index (Phi) is 4.37. The molecule has 1 aromatic carbocycles. The summed E-state index contributed by atoms with van der Waals surface area (Å²) in [6, 6.07) is 9.12. The number of ether oxygens (including phenoxy) is 1. The Morgan fingerprint density at radius 2 is 2.16 bits per heavy atom. The minimum atomic E-state index is -0.242. The molecule has 0 amide bonds. The van der Waals surface area contributed by atoms with E-state index in [-0.39, 0.29) is 6.04 Å². The number of hydrogen-bond donors (Lipinski definition) is 2. The minimum Gasteiger partial charge on any atom is -0.495 e. The Labute approximate surface area is 117 Å². The number of halogens is 1. The topological polar surface area (TPSA) is 60.2 Å². The second-order valence-electron chi connectivity index (χ2n) is 4.19. The van der Waals surface area contributed by atoms with Crippen molar-refractivity contribution < 1.29 is 4.74 Å². The molecule has 2 aromatic rings. The molecule has 1 heterocycles. The molecule has 0 aliphatic heterocycles. The molecule has 4 nitrogen and oxygen atoms in total. The fraction of sp³-hybridized carbons (Fsp3) is 0.214. The molecule has 1 unspecified atom stereocenters. The number of nitrogens with two attached hydrogens (primary N) is 1. The van der Waals surface area contributed by atoms with E-state index < -0.39 is 0 Å². The van der Waals surface area contributed by atoms with Crippen molar-refractivity contribution in [1.82, 2.24) is 10.4 Å². The summed E-state index contributed by atoms with van der Waals surface area (Å²) in [5.74, 6) is 6.38. The SMILES string of the molecule is COc1cccnc1C(NN)c1ccc(Cl)cc1C. The van der Waals surface area contributed by atoms with Gasteiger partial charge >= 0.3 is 0 Å². The number of hydrogen-bond acceptors (Lipinski definition) is 4. The zero-order valence-corrected chi connectivity index (χ0v) is 11.6. The van der Waals surface area contributed by atoms with Gasteiger partial charge in [-0.25, -0.2) is 5.43 Å². The molecule has 0 radical (unpaired) electrons. The highest BCUT2D eigenvalue weighted by molar-refractivity contribution is 6.30. The maximum Gasteiger partial charge on any atom is 0.142 e. The standard InChI is InChI=1S/C14H16ClN3O/c1-9-8-10(15)5-6-11(9)13(18-16)14-12(19-2)4-3-7-17-14/h3-8,13,18H,16H2,1-2H3. The van der Waals surface area contributed by atoms with Gasteiger partial charge in [-0.15, -0.1) is 0 Å². The fourth-order valence-corrected chi connectivity index (χ4v) is 2.30. The number of methoxy groups -OCH3 is 1. The van der Waals surface area contributed by atoms with Gasteiger partial charge in [0.05, 0.1) is 13.2 Å². The van der Waals surface area contributed by atoms with Crippen LogP contribution in [0.1, 0.15) is 22.9 Å². The number of aryl methyl sites for hydroxylation is 1. The highest BCUT2D eigenvalue weighted by atomic mass is 35.5. The number of hydrazine groups is 1. The van der Waals surface area contributed by atoms with Crippen molar-refractivity contribution in [2.24, 2.45) is 5.84 Å².